The molecule has 0 spiro atoms. The maximum absolute atomic E-state index is 12.0. The van der Waals surface area contributed by atoms with E-state index >= 15 is 0 Å². The fourth-order valence-corrected chi connectivity index (χ4v) is 4.14. The Hall–Kier alpha value is -0.470. The molecule has 5 nitrogen and oxygen atoms in total. The average molecular weight is 307 g/mol. The summed E-state index contributed by atoms with van der Waals surface area (Å²) in [6.45, 7) is 5.25. The number of sulfonamides is 1. The highest BCUT2D eigenvalue weighted by Crippen LogP contribution is 2.25. The highest BCUT2D eigenvalue weighted by Gasteiger charge is 2.19. The number of aliphatic hydroxyl groups is 1. The van der Waals surface area contributed by atoms with Crippen molar-refractivity contribution in [2.45, 2.75) is 38.2 Å². The smallest absolute Gasteiger partial charge is 0.241 e. The first-order chi connectivity index (χ1) is 9.01. The van der Waals surface area contributed by atoms with E-state index in [-0.39, 0.29) is 11.5 Å². The van der Waals surface area contributed by atoms with Crippen molar-refractivity contribution in [2.24, 2.45) is 0 Å². The zero-order valence-electron chi connectivity index (χ0n) is 11.3. The van der Waals surface area contributed by atoms with Crippen LogP contribution in [0.15, 0.2) is 11.0 Å². The van der Waals surface area contributed by atoms with Crippen molar-refractivity contribution in [1.29, 1.82) is 0 Å². The highest BCUT2D eigenvalue weighted by atomic mass is 32.2. The fraction of sp³-hybridized carbons (Fsp3) is 0.667. The van der Waals surface area contributed by atoms with E-state index < -0.39 is 10.0 Å². The van der Waals surface area contributed by atoms with E-state index in [0.717, 1.165) is 6.42 Å². The van der Waals surface area contributed by atoms with Gasteiger partial charge in [0.1, 0.15) is 0 Å². The molecule has 19 heavy (non-hydrogen) atoms. The molecule has 0 aromatic carbocycles. The Morgan fingerprint density at radius 2 is 2.16 bits per heavy atom. The minimum Gasteiger partial charge on any atom is -0.391 e. The second-order valence-electron chi connectivity index (χ2n) is 4.15. The molecule has 0 unspecified atom stereocenters. The van der Waals surface area contributed by atoms with Crippen LogP contribution >= 0.6 is 11.3 Å². The van der Waals surface area contributed by atoms with Crippen LogP contribution in [0.5, 0.6) is 0 Å². The van der Waals surface area contributed by atoms with Crippen LogP contribution in [0.1, 0.15) is 29.5 Å². The van der Waals surface area contributed by atoms with E-state index in [2.05, 4.69) is 4.72 Å². The summed E-state index contributed by atoms with van der Waals surface area (Å²) in [7, 11) is -3.48. The van der Waals surface area contributed by atoms with E-state index in [1.54, 1.807) is 6.92 Å². The summed E-state index contributed by atoms with van der Waals surface area (Å²) in [5.41, 5.74) is 0. The zero-order valence-corrected chi connectivity index (χ0v) is 12.9. The van der Waals surface area contributed by atoms with Crippen molar-refractivity contribution in [3.63, 3.8) is 0 Å². The van der Waals surface area contributed by atoms with Crippen LogP contribution in [-0.2, 0) is 21.4 Å². The van der Waals surface area contributed by atoms with Crippen LogP contribution < -0.4 is 4.72 Å². The van der Waals surface area contributed by atoms with Crippen LogP contribution in [-0.4, -0.2) is 33.3 Å². The summed E-state index contributed by atoms with van der Waals surface area (Å²) in [5.74, 6) is 0. The second-order valence-corrected chi connectivity index (χ2v) is 7.23. The first kappa shape index (κ1) is 16.6. The third-order valence-corrected chi connectivity index (χ3v) is 5.23. The molecule has 1 heterocycles. The van der Waals surface area contributed by atoms with Gasteiger partial charge in [0.05, 0.1) is 11.5 Å². The highest BCUT2D eigenvalue weighted by molar-refractivity contribution is 7.89. The molecular formula is C12H21NO4S2. The average Bonchev–Trinajstić information content (AvgIpc) is 2.76. The number of hydrogen-bond acceptors (Lipinski definition) is 5. The Balaban J connectivity index is 2.49. The Bertz CT molecular complexity index is 482. The normalized spacial score (nSPS) is 11.9. The van der Waals surface area contributed by atoms with Gasteiger partial charge in [-0.15, -0.1) is 11.3 Å². The summed E-state index contributed by atoms with van der Waals surface area (Å²) in [5, 5.41) is 9.02. The molecule has 110 valence electrons. The van der Waals surface area contributed by atoms with Gasteiger partial charge in [-0.05, 0) is 25.8 Å². The molecule has 0 saturated heterocycles. The summed E-state index contributed by atoms with van der Waals surface area (Å²) >= 11 is 1.30. The zero-order chi connectivity index (χ0) is 14.3. The van der Waals surface area contributed by atoms with Crippen molar-refractivity contribution in [2.75, 3.05) is 19.8 Å². The maximum Gasteiger partial charge on any atom is 0.241 e. The molecule has 1 aromatic heterocycles. The van der Waals surface area contributed by atoms with Gasteiger partial charge in [-0.25, -0.2) is 13.1 Å². The lowest BCUT2D eigenvalue weighted by Crippen LogP contribution is -2.25. The van der Waals surface area contributed by atoms with Crippen molar-refractivity contribution >= 4 is 21.4 Å². The molecule has 0 radical (unpaired) electrons. The number of aryl methyl sites for hydroxylation is 1. The van der Waals surface area contributed by atoms with E-state index in [1.165, 1.54) is 17.4 Å². The molecule has 2 N–H and O–H groups in total. The Labute approximate surface area is 118 Å². The number of hydrogen-bond donors (Lipinski definition) is 2. The monoisotopic (exact) mass is 307 g/mol. The lowest BCUT2D eigenvalue weighted by atomic mass is 10.4. The number of rotatable bonds is 9. The minimum absolute atomic E-state index is 0.133. The second kappa shape index (κ2) is 7.96. The first-order valence-corrected chi connectivity index (χ1v) is 8.58. The molecule has 7 heteroatoms. The standard InChI is InChI=1S/C12H21NO4S2/c1-3-6-17-7-4-5-13-19(15,16)12-8-11(9-14)18-10(12)2/h8,13-14H,3-7,9H2,1-2H3. The van der Waals surface area contributed by atoms with Crippen LogP contribution in [0.3, 0.4) is 0 Å². The van der Waals surface area contributed by atoms with E-state index in [9.17, 15) is 8.42 Å². The van der Waals surface area contributed by atoms with Gasteiger partial charge in [-0.1, -0.05) is 6.92 Å². The lowest BCUT2D eigenvalue weighted by molar-refractivity contribution is 0.133. The van der Waals surface area contributed by atoms with Crippen LogP contribution in [0.25, 0.3) is 0 Å². The van der Waals surface area contributed by atoms with E-state index in [4.69, 9.17) is 9.84 Å². The molecule has 0 aliphatic carbocycles. The number of nitrogens with one attached hydrogen (secondary N) is 1. The number of thiophene rings is 1. The maximum atomic E-state index is 12.0. The quantitative estimate of drug-likeness (QED) is 0.680. The summed E-state index contributed by atoms with van der Waals surface area (Å²) in [6.07, 6.45) is 1.61. The first-order valence-electron chi connectivity index (χ1n) is 6.28. The predicted molar refractivity (Wildman–Crippen MR) is 75.9 cm³/mol. The van der Waals surface area contributed by atoms with Gasteiger partial charge in [0.2, 0.25) is 10.0 Å². The Morgan fingerprint density at radius 3 is 2.74 bits per heavy atom. The van der Waals surface area contributed by atoms with Gasteiger partial charge in [-0.2, -0.15) is 0 Å². The van der Waals surface area contributed by atoms with Crippen LogP contribution in [0.4, 0.5) is 0 Å². The minimum atomic E-state index is -3.48. The molecule has 1 rings (SSSR count). The van der Waals surface area contributed by atoms with Gasteiger partial charge in [-0.3, -0.25) is 0 Å². The van der Waals surface area contributed by atoms with Crippen LogP contribution in [0, 0.1) is 6.92 Å². The fourth-order valence-electron chi connectivity index (χ4n) is 1.57. The predicted octanol–water partition coefficient (Wildman–Crippen LogP) is 1.64. The van der Waals surface area contributed by atoms with Crippen molar-refractivity contribution < 1.29 is 18.3 Å². The van der Waals surface area contributed by atoms with Gasteiger partial charge in [0.25, 0.3) is 0 Å². The molecule has 0 atom stereocenters. The molecule has 0 amide bonds. The molecule has 0 bridgehead atoms. The van der Waals surface area contributed by atoms with Crippen LogP contribution in [0.2, 0.25) is 0 Å². The molecule has 0 saturated carbocycles. The SMILES string of the molecule is CCCOCCCNS(=O)(=O)c1cc(CO)sc1C. The number of aliphatic hydroxyl groups excluding tert-OH is 1. The summed E-state index contributed by atoms with van der Waals surface area (Å²) in [4.78, 5) is 1.61. The third-order valence-electron chi connectivity index (χ3n) is 2.47. The third kappa shape index (κ3) is 5.19. The molecule has 0 aliphatic rings. The molecule has 0 aliphatic heterocycles. The number of ether oxygens (including phenoxy) is 1. The molecule has 1 aromatic rings. The van der Waals surface area contributed by atoms with Crippen molar-refractivity contribution in [1.82, 2.24) is 4.72 Å². The largest absolute Gasteiger partial charge is 0.391 e. The van der Waals surface area contributed by atoms with E-state index in [1.807, 2.05) is 6.92 Å². The molecule has 0 fully saturated rings. The van der Waals surface area contributed by atoms with Crippen molar-refractivity contribution in [3.8, 4) is 0 Å². The van der Waals surface area contributed by atoms with E-state index in [0.29, 0.717) is 35.9 Å². The van der Waals surface area contributed by atoms with Gasteiger partial charge < -0.3 is 9.84 Å². The van der Waals surface area contributed by atoms with Gasteiger partial charge >= 0.3 is 0 Å². The Kier molecular flexibility index (Phi) is 6.95. The summed E-state index contributed by atoms with van der Waals surface area (Å²) < 4.78 is 31.9. The Morgan fingerprint density at radius 1 is 1.42 bits per heavy atom. The topological polar surface area (TPSA) is 75.6 Å². The lowest BCUT2D eigenvalue weighted by Gasteiger charge is -2.06. The van der Waals surface area contributed by atoms with Gasteiger partial charge in [0.15, 0.2) is 0 Å². The van der Waals surface area contributed by atoms with Crippen molar-refractivity contribution in [3.05, 3.63) is 15.8 Å². The van der Waals surface area contributed by atoms with Gasteiger partial charge in [0, 0.05) is 29.5 Å². The summed E-state index contributed by atoms with van der Waals surface area (Å²) in [6, 6.07) is 1.52. The molecular weight excluding hydrogens is 286 g/mol.